The molecule has 0 saturated heterocycles. The van der Waals surface area contributed by atoms with Crippen LogP contribution in [0.1, 0.15) is 43.0 Å². The summed E-state index contributed by atoms with van der Waals surface area (Å²) in [7, 11) is 0. The zero-order valence-electron chi connectivity index (χ0n) is 17.0. The Morgan fingerprint density at radius 2 is 1.38 bits per heavy atom. The molecule has 3 aromatic carbocycles. The first-order valence-corrected chi connectivity index (χ1v) is 11.1. The van der Waals surface area contributed by atoms with Gasteiger partial charge in [-0.3, -0.25) is 0 Å². The lowest BCUT2D eigenvalue weighted by Gasteiger charge is -2.19. The first-order valence-electron chi connectivity index (χ1n) is 9.63. The molecule has 0 bridgehead atoms. The zero-order chi connectivity index (χ0) is 20.9. The standard InChI is InChI=1S/C25H26BrClO2/c1-25(2,3)21-9-7-18(8-10-21)16-28-23-12-20(15-26)13-24(14-23)29-17-19-5-4-6-22(27)11-19/h4-14H,15-17H2,1-3H3. The molecule has 0 saturated carbocycles. The number of hydrogen-bond acceptors (Lipinski definition) is 2. The molecule has 2 nitrogen and oxygen atoms in total. The monoisotopic (exact) mass is 472 g/mol. The number of hydrogen-bond donors (Lipinski definition) is 0. The highest BCUT2D eigenvalue weighted by Crippen LogP contribution is 2.27. The van der Waals surface area contributed by atoms with E-state index >= 15 is 0 Å². The summed E-state index contributed by atoms with van der Waals surface area (Å²) >= 11 is 9.58. The van der Waals surface area contributed by atoms with Crippen LogP contribution in [-0.2, 0) is 24.0 Å². The van der Waals surface area contributed by atoms with Gasteiger partial charge in [0.2, 0.25) is 0 Å². The SMILES string of the molecule is CC(C)(C)c1ccc(COc2cc(CBr)cc(OCc3cccc(Cl)c3)c2)cc1. The minimum absolute atomic E-state index is 0.152. The fourth-order valence-corrected chi connectivity index (χ4v) is 3.47. The summed E-state index contributed by atoms with van der Waals surface area (Å²) in [6.45, 7) is 7.63. The van der Waals surface area contributed by atoms with Crippen molar-refractivity contribution in [1.82, 2.24) is 0 Å². The Morgan fingerprint density at radius 1 is 0.759 bits per heavy atom. The van der Waals surface area contributed by atoms with Gasteiger partial charge in [0.1, 0.15) is 24.7 Å². The molecule has 3 rings (SSSR count). The number of ether oxygens (including phenoxy) is 2. The van der Waals surface area contributed by atoms with Gasteiger partial charge in [-0.15, -0.1) is 0 Å². The molecule has 0 N–H and O–H groups in total. The Labute approximate surface area is 186 Å². The van der Waals surface area contributed by atoms with Crippen LogP contribution >= 0.6 is 27.5 Å². The van der Waals surface area contributed by atoms with Gasteiger partial charge >= 0.3 is 0 Å². The Balaban J connectivity index is 1.66. The summed E-state index contributed by atoms with van der Waals surface area (Å²) in [6.07, 6.45) is 0. The maximum atomic E-state index is 6.05. The highest BCUT2D eigenvalue weighted by atomic mass is 79.9. The van der Waals surface area contributed by atoms with E-state index in [0.29, 0.717) is 18.2 Å². The van der Waals surface area contributed by atoms with Crippen LogP contribution in [0.5, 0.6) is 11.5 Å². The van der Waals surface area contributed by atoms with Crippen molar-refractivity contribution in [1.29, 1.82) is 0 Å². The van der Waals surface area contributed by atoms with Gasteiger partial charge in [-0.1, -0.05) is 84.7 Å². The third-order valence-electron chi connectivity index (χ3n) is 4.61. The average Bonchev–Trinajstić information content (AvgIpc) is 2.70. The molecule has 0 unspecified atom stereocenters. The molecule has 0 atom stereocenters. The van der Waals surface area contributed by atoms with Gasteiger partial charge in [0.05, 0.1) is 0 Å². The van der Waals surface area contributed by atoms with Crippen molar-refractivity contribution in [2.24, 2.45) is 0 Å². The van der Waals surface area contributed by atoms with Crippen LogP contribution in [-0.4, -0.2) is 0 Å². The minimum atomic E-state index is 0.152. The molecule has 3 aromatic rings. The van der Waals surface area contributed by atoms with Gasteiger partial charge in [0.15, 0.2) is 0 Å². The van der Waals surface area contributed by atoms with Gasteiger partial charge in [-0.05, 0) is 51.9 Å². The Kier molecular flexibility index (Phi) is 7.26. The first-order chi connectivity index (χ1) is 13.8. The molecule has 4 heteroatoms. The molecule has 0 fully saturated rings. The summed E-state index contributed by atoms with van der Waals surface area (Å²) in [5, 5.41) is 1.44. The lowest BCUT2D eigenvalue weighted by molar-refractivity contribution is 0.289. The molecule has 0 aromatic heterocycles. The Morgan fingerprint density at radius 3 is 1.93 bits per heavy atom. The summed E-state index contributed by atoms with van der Waals surface area (Å²) in [5.41, 5.74) is 4.75. The van der Waals surface area contributed by atoms with Crippen LogP contribution < -0.4 is 9.47 Å². The fraction of sp³-hybridized carbons (Fsp3) is 0.280. The van der Waals surface area contributed by atoms with Crippen molar-refractivity contribution in [2.45, 2.75) is 44.7 Å². The van der Waals surface area contributed by atoms with Gasteiger partial charge in [-0.2, -0.15) is 0 Å². The first kappa shape index (κ1) is 21.7. The predicted octanol–water partition coefficient (Wildman–Crippen LogP) is 7.69. The van der Waals surface area contributed by atoms with Crippen molar-refractivity contribution in [2.75, 3.05) is 0 Å². The minimum Gasteiger partial charge on any atom is -0.489 e. The summed E-state index contributed by atoms with van der Waals surface area (Å²) in [5.74, 6) is 1.57. The van der Waals surface area contributed by atoms with E-state index in [1.165, 1.54) is 5.56 Å². The molecule has 0 radical (unpaired) electrons. The second-order valence-electron chi connectivity index (χ2n) is 8.10. The molecule has 0 heterocycles. The van der Waals surface area contributed by atoms with Crippen molar-refractivity contribution in [3.8, 4) is 11.5 Å². The van der Waals surface area contributed by atoms with E-state index in [-0.39, 0.29) is 5.41 Å². The third kappa shape index (κ3) is 6.52. The van der Waals surface area contributed by atoms with Crippen molar-refractivity contribution < 1.29 is 9.47 Å². The van der Waals surface area contributed by atoms with Crippen molar-refractivity contribution in [3.63, 3.8) is 0 Å². The Hall–Kier alpha value is -1.97. The van der Waals surface area contributed by atoms with E-state index in [4.69, 9.17) is 21.1 Å². The molecular weight excluding hydrogens is 448 g/mol. The molecule has 0 aliphatic carbocycles. The summed E-state index contributed by atoms with van der Waals surface area (Å²) in [4.78, 5) is 0. The smallest absolute Gasteiger partial charge is 0.123 e. The number of halogens is 2. The lowest BCUT2D eigenvalue weighted by atomic mass is 9.87. The molecule has 0 spiro atoms. The Bertz CT molecular complexity index is 946. The van der Waals surface area contributed by atoms with E-state index in [1.807, 2.05) is 42.5 Å². The van der Waals surface area contributed by atoms with E-state index in [2.05, 4.69) is 61.0 Å². The molecule has 29 heavy (non-hydrogen) atoms. The molecular formula is C25H26BrClO2. The zero-order valence-corrected chi connectivity index (χ0v) is 19.4. The highest BCUT2D eigenvalue weighted by molar-refractivity contribution is 9.08. The molecule has 152 valence electrons. The van der Waals surface area contributed by atoms with Gasteiger partial charge in [0.25, 0.3) is 0 Å². The van der Waals surface area contributed by atoms with Crippen molar-refractivity contribution in [3.05, 3.63) is 94.0 Å². The normalized spacial score (nSPS) is 11.3. The van der Waals surface area contributed by atoms with E-state index in [1.54, 1.807) is 0 Å². The van der Waals surface area contributed by atoms with E-state index in [0.717, 1.165) is 33.5 Å². The second-order valence-corrected chi connectivity index (χ2v) is 9.10. The lowest BCUT2D eigenvalue weighted by Crippen LogP contribution is -2.10. The quantitative estimate of drug-likeness (QED) is 0.327. The van der Waals surface area contributed by atoms with Crippen molar-refractivity contribution >= 4 is 27.5 Å². The number of alkyl halides is 1. The van der Waals surface area contributed by atoms with Gasteiger partial charge in [0, 0.05) is 16.4 Å². The van der Waals surface area contributed by atoms with E-state index in [9.17, 15) is 0 Å². The molecule has 0 aliphatic heterocycles. The second kappa shape index (κ2) is 9.69. The van der Waals surface area contributed by atoms with Gasteiger partial charge in [-0.25, -0.2) is 0 Å². The van der Waals surface area contributed by atoms with Crippen LogP contribution in [0.15, 0.2) is 66.7 Å². The highest BCUT2D eigenvalue weighted by Gasteiger charge is 2.13. The molecule has 0 aliphatic rings. The maximum absolute atomic E-state index is 6.05. The maximum Gasteiger partial charge on any atom is 0.123 e. The van der Waals surface area contributed by atoms with Crippen LogP contribution in [0.25, 0.3) is 0 Å². The van der Waals surface area contributed by atoms with Crippen LogP contribution in [0.3, 0.4) is 0 Å². The largest absolute Gasteiger partial charge is 0.489 e. The average molecular weight is 474 g/mol. The molecule has 0 amide bonds. The summed E-state index contributed by atoms with van der Waals surface area (Å²) in [6, 6.07) is 22.3. The fourth-order valence-electron chi connectivity index (χ4n) is 2.94. The third-order valence-corrected chi connectivity index (χ3v) is 5.50. The van der Waals surface area contributed by atoms with Crippen LogP contribution in [0, 0.1) is 0 Å². The number of benzene rings is 3. The van der Waals surface area contributed by atoms with Crippen LogP contribution in [0.4, 0.5) is 0 Å². The summed E-state index contributed by atoms with van der Waals surface area (Å²) < 4.78 is 12.0. The predicted molar refractivity (Wildman–Crippen MR) is 124 cm³/mol. The number of rotatable bonds is 7. The van der Waals surface area contributed by atoms with Crippen LogP contribution in [0.2, 0.25) is 5.02 Å². The topological polar surface area (TPSA) is 18.5 Å². The van der Waals surface area contributed by atoms with E-state index < -0.39 is 0 Å². The van der Waals surface area contributed by atoms with Gasteiger partial charge < -0.3 is 9.47 Å².